The van der Waals surface area contributed by atoms with Crippen molar-refractivity contribution in [3.05, 3.63) is 188 Å². The predicted molar refractivity (Wildman–Crippen MR) is 306 cm³/mol. The van der Waals surface area contributed by atoms with Gasteiger partial charge in [-0.15, -0.1) is 0 Å². The number of nitrogen functional groups attached to an aromatic ring is 1. The quantitative estimate of drug-likeness (QED) is 0.0364. The Hall–Kier alpha value is -8.73. The maximum Gasteiger partial charge on any atom is 0.328 e. The Kier molecular flexibility index (Phi) is 18.4. The van der Waals surface area contributed by atoms with Gasteiger partial charge in [0.25, 0.3) is 19.1 Å². The second-order valence-corrected chi connectivity index (χ2v) is 21.8. The Labute approximate surface area is 456 Å². The number of hydrogen-bond acceptors (Lipinski definition) is 14. The molecule has 3 heterocycles. The lowest BCUT2D eigenvalue weighted by Crippen LogP contribution is -2.19. The van der Waals surface area contributed by atoms with Gasteiger partial charge < -0.3 is 35.8 Å². The molecule has 0 amide bonds. The number of nitrogens with one attached hydrogen (secondary N) is 3. The van der Waals surface area contributed by atoms with Crippen LogP contribution in [0.25, 0.3) is 22.1 Å². The first-order valence-corrected chi connectivity index (χ1v) is 27.3. The summed E-state index contributed by atoms with van der Waals surface area (Å²) >= 11 is 0. The van der Waals surface area contributed by atoms with E-state index in [1.165, 1.54) is 23.0 Å². The molecule has 0 bridgehead atoms. The van der Waals surface area contributed by atoms with E-state index >= 15 is 0 Å². The summed E-state index contributed by atoms with van der Waals surface area (Å²) in [4.78, 5) is 24.5. The van der Waals surface area contributed by atoms with Gasteiger partial charge in [0.2, 0.25) is 0 Å². The van der Waals surface area contributed by atoms with E-state index in [9.17, 15) is 26.4 Å². The van der Waals surface area contributed by atoms with Gasteiger partial charge in [-0.2, -0.15) is 5.10 Å². The van der Waals surface area contributed by atoms with E-state index in [1.54, 1.807) is 93.6 Å². The number of allylic oxidation sites excluding steroid dienone is 2. The molecule has 7 N–H and O–H groups in total. The van der Waals surface area contributed by atoms with Crippen LogP contribution in [0, 0.1) is 19.3 Å². The molecular weight excluding hydrogens is 1060 g/mol. The molecule has 0 saturated carbocycles. The van der Waals surface area contributed by atoms with Crippen LogP contribution in [0.1, 0.15) is 43.8 Å². The first kappa shape index (κ1) is 58.5. The third kappa shape index (κ3) is 13.6. The van der Waals surface area contributed by atoms with Gasteiger partial charge >= 0.3 is 11.4 Å². The van der Waals surface area contributed by atoms with Crippen molar-refractivity contribution in [2.45, 2.75) is 53.2 Å². The molecule has 78 heavy (non-hydrogen) atoms. The summed E-state index contributed by atoms with van der Waals surface area (Å²) in [5.41, 5.74) is 17.0. The third-order valence-electron chi connectivity index (χ3n) is 11.9. The van der Waals surface area contributed by atoms with Crippen LogP contribution in [0.3, 0.4) is 0 Å². The van der Waals surface area contributed by atoms with E-state index in [-0.39, 0.29) is 51.5 Å². The van der Waals surface area contributed by atoms with Crippen molar-refractivity contribution in [2.75, 3.05) is 10.5 Å². The average molecular weight is 1120 g/mol. The number of aromatic nitrogens is 6. The predicted octanol–water partition coefficient (Wildman–Crippen LogP) is 9.64. The van der Waals surface area contributed by atoms with Crippen molar-refractivity contribution in [1.82, 2.24) is 28.5 Å². The van der Waals surface area contributed by atoms with E-state index in [0.29, 0.717) is 70.1 Å². The van der Waals surface area contributed by atoms with Crippen LogP contribution in [-0.2, 0) is 60.5 Å². The maximum absolute atomic E-state index is 13.4. The van der Waals surface area contributed by atoms with Gasteiger partial charge in [-0.25, -0.2) is 26.4 Å². The zero-order valence-corrected chi connectivity index (χ0v) is 45.7. The number of sulfonamides is 1. The number of halogens is 1. The van der Waals surface area contributed by atoms with Crippen molar-refractivity contribution in [2.24, 2.45) is 33.9 Å². The molecule has 0 saturated heterocycles. The molecule has 0 aliphatic heterocycles. The number of rotatable bonds is 15. The monoisotopic (exact) mass is 1120 g/mol. The number of imidazole rings is 2. The fourth-order valence-corrected chi connectivity index (χ4v) is 11.0. The lowest BCUT2D eigenvalue weighted by molar-refractivity contribution is 0.304. The molecule has 23 heteroatoms. The maximum atomic E-state index is 13.4. The number of nitrogens with zero attached hydrogens (tertiary/aromatic N) is 5. The number of H-pyrrole nitrogens is 1. The molecule has 0 radical (unpaired) electrons. The van der Waals surface area contributed by atoms with Crippen LogP contribution < -0.4 is 46.5 Å². The average Bonchev–Trinajstić information content (AvgIpc) is 3.96. The summed E-state index contributed by atoms with van der Waals surface area (Å²) in [5, 5.41) is 13.7. The van der Waals surface area contributed by atoms with Crippen molar-refractivity contribution in [3.63, 3.8) is 0 Å². The van der Waals surface area contributed by atoms with Crippen LogP contribution >= 0.6 is 10.7 Å². The minimum absolute atomic E-state index is 0. The minimum atomic E-state index is -4.02. The lowest BCUT2D eigenvalue weighted by atomic mass is 10.2. The number of anilines is 2. The van der Waals surface area contributed by atoms with Crippen LogP contribution in [0.2, 0.25) is 0 Å². The van der Waals surface area contributed by atoms with Crippen molar-refractivity contribution >= 4 is 68.9 Å². The number of nitrogens with two attached hydrogens (primary N) is 2. The fourth-order valence-electron chi connectivity index (χ4n) is 8.11. The summed E-state index contributed by atoms with van der Waals surface area (Å²) in [7, 11) is 3.82. The molecule has 0 aliphatic rings. The van der Waals surface area contributed by atoms with Crippen LogP contribution in [0.4, 0.5) is 11.4 Å². The molecule has 6 aromatic carbocycles. The number of ether oxygens (including phenoxy) is 4. The van der Waals surface area contributed by atoms with E-state index in [1.807, 2.05) is 91.0 Å². The highest BCUT2D eigenvalue weighted by molar-refractivity contribution is 8.17. The van der Waals surface area contributed by atoms with E-state index in [2.05, 4.69) is 14.9 Å². The van der Waals surface area contributed by atoms with Gasteiger partial charge in [0.05, 0.1) is 44.8 Å². The van der Waals surface area contributed by atoms with Crippen molar-refractivity contribution < 1.29 is 35.8 Å². The van der Waals surface area contributed by atoms with E-state index in [0.717, 1.165) is 22.2 Å². The SMILES string of the molecule is C.CC(=N)/C(=C(/C)N)S(=O)(=O)Cl.Cc1n[nH]c(C)c1S(=O)(=O)Nc1cc2c(cc1Oc1cccc(OCc3ccccc3)c1)n(C)c(=O)n2C.Cn1c(=O)n(C)c2cc(Oc3cccc(OCc4ccccc4)c3)c(N)cc21. The summed E-state index contributed by atoms with van der Waals surface area (Å²) in [6.45, 7) is 6.80. The van der Waals surface area contributed by atoms with E-state index in [4.69, 9.17) is 46.5 Å². The van der Waals surface area contributed by atoms with Crippen LogP contribution in [0.5, 0.6) is 34.5 Å². The second-order valence-electron chi connectivity index (χ2n) is 17.7. The molecule has 9 aromatic rings. The molecule has 410 valence electrons. The highest BCUT2D eigenvalue weighted by Crippen LogP contribution is 2.37. The van der Waals surface area contributed by atoms with Gasteiger partial charge in [0.1, 0.15) is 46.0 Å². The molecule has 0 aliphatic carbocycles. The number of benzene rings is 6. The minimum Gasteiger partial charge on any atom is -0.489 e. The Bertz CT molecular complexity index is 4010. The second kappa shape index (κ2) is 24.5. The molecule has 20 nitrogen and oxygen atoms in total. The number of hydrogen-bond donors (Lipinski definition) is 5. The van der Waals surface area contributed by atoms with Crippen LogP contribution in [-0.4, -0.2) is 51.0 Å². The highest BCUT2D eigenvalue weighted by Gasteiger charge is 2.26. The molecular formula is C55H61ClN10O10S2. The number of aromatic amines is 1. The molecule has 0 fully saturated rings. The number of aryl methyl sites for hydroxylation is 6. The first-order chi connectivity index (χ1) is 36.4. The van der Waals surface area contributed by atoms with Crippen molar-refractivity contribution in [3.8, 4) is 34.5 Å². The van der Waals surface area contributed by atoms with Gasteiger partial charge in [0.15, 0.2) is 11.5 Å². The summed E-state index contributed by atoms with van der Waals surface area (Å²) < 4.78 is 80.7. The zero-order chi connectivity index (χ0) is 55.9. The molecule has 0 spiro atoms. The Balaban J connectivity index is 0.000000216. The smallest absolute Gasteiger partial charge is 0.328 e. The van der Waals surface area contributed by atoms with Crippen LogP contribution in [0.15, 0.2) is 159 Å². The molecule has 0 unspecified atom stereocenters. The highest BCUT2D eigenvalue weighted by atomic mass is 35.7. The van der Waals surface area contributed by atoms with Gasteiger partial charge in [0, 0.05) is 74.5 Å². The Morgan fingerprint density at radius 3 is 1.47 bits per heavy atom. The third-order valence-corrected chi connectivity index (χ3v) is 15.1. The topological polar surface area (TPSA) is 276 Å². The fraction of sp³-hybridized carbons (Fsp3) is 0.200. The normalized spacial score (nSPS) is 11.6. The van der Waals surface area contributed by atoms with E-state index < -0.39 is 19.1 Å². The number of fused-ring (bicyclic) bond motifs is 2. The lowest BCUT2D eigenvalue weighted by Gasteiger charge is -2.15. The first-order valence-electron chi connectivity index (χ1n) is 23.5. The Morgan fingerprint density at radius 2 is 1.06 bits per heavy atom. The Morgan fingerprint density at radius 1 is 0.641 bits per heavy atom. The largest absolute Gasteiger partial charge is 0.489 e. The van der Waals surface area contributed by atoms with Gasteiger partial charge in [-0.05, 0) is 75.2 Å². The van der Waals surface area contributed by atoms with Gasteiger partial charge in [-0.1, -0.05) is 80.2 Å². The standard InChI is InChI=1S/C27H27N5O5S.C22H21N3O3.C5H9ClN2O2S.CH4/c1-17-26(18(2)29-28-17)38(34,35)30-22-14-23-24(32(4)27(33)31(23)3)15-25(22)37-21-12-8-11-20(13-21)36-16-19-9-6-5-7-10-19;1-24-19-12-18(23)21(13-20(19)25(2)22(24)26)28-17-10-6-9-16(11-17)27-14-15-7-4-3-5-8-15;1-3(7)5(4(2)8)11(6,9)10;/h5-15,30H,16H2,1-4H3,(H,28,29);3-13H,14,23H2,1-2H3;7H,8H2,1-2H3;1H4/b;;5-4+,7-3?;. The van der Waals surface area contributed by atoms with Gasteiger partial charge in [-0.3, -0.25) is 28.1 Å². The summed E-state index contributed by atoms with van der Waals surface area (Å²) in [6.07, 6.45) is 0. The summed E-state index contributed by atoms with van der Waals surface area (Å²) in [6, 6.07) is 41.0. The van der Waals surface area contributed by atoms with Crippen molar-refractivity contribution in [1.29, 1.82) is 5.41 Å². The summed E-state index contributed by atoms with van der Waals surface area (Å²) in [5.74, 6) is 3.05. The molecule has 3 aromatic heterocycles. The zero-order valence-electron chi connectivity index (χ0n) is 43.3. The molecule has 0 atom stereocenters. The molecule has 9 rings (SSSR count).